The highest BCUT2D eigenvalue weighted by Crippen LogP contribution is 2.32. The summed E-state index contributed by atoms with van der Waals surface area (Å²) in [6, 6.07) is 9.96. The summed E-state index contributed by atoms with van der Waals surface area (Å²) in [5.41, 5.74) is 1.90. The molecule has 0 radical (unpaired) electrons. The molecular formula is C23H15ClF3N7. The average Bonchev–Trinajstić information content (AvgIpc) is 3.32. The molecule has 0 spiro atoms. The number of hydrogen-bond acceptors (Lipinski definition) is 6. The van der Waals surface area contributed by atoms with Gasteiger partial charge in [-0.15, -0.1) is 0 Å². The number of halogens is 4. The molecule has 0 aliphatic rings. The topological polar surface area (TPSA) is 81.4 Å². The van der Waals surface area contributed by atoms with Crippen LogP contribution in [0.15, 0.2) is 73.6 Å². The van der Waals surface area contributed by atoms with Gasteiger partial charge in [-0.3, -0.25) is 4.98 Å². The van der Waals surface area contributed by atoms with Crippen LogP contribution in [0.2, 0.25) is 5.02 Å². The first-order valence-electron chi connectivity index (χ1n) is 10.0. The van der Waals surface area contributed by atoms with Crippen LogP contribution >= 0.6 is 11.6 Å². The van der Waals surface area contributed by atoms with Crippen molar-refractivity contribution in [2.24, 2.45) is 0 Å². The van der Waals surface area contributed by atoms with Gasteiger partial charge < -0.3 is 9.88 Å². The Morgan fingerprint density at radius 1 is 1.00 bits per heavy atom. The van der Waals surface area contributed by atoms with Crippen molar-refractivity contribution in [2.45, 2.75) is 12.7 Å². The molecule has 0 amide bonds. The van der Waals surface area contributed by atoms with Gasteiger partial charge in [0.2, 0.25) is 0 Å². The van der Waals surface area contributed by atoms with Crippen LogP contribution in [0.3, 0.4) is 0 Å². The van der Waals surface area contributed by atoms with Gasteiger partial charge in [-0.05, 0) is 42.5 Å². The molecule has 5 aromatic rings. The normalized spacial score (nSPS) is 11.6. The fraction of sp³-hybridized carbons (Fsp3) is 0.0870. The van der Waals surface area contributed by atoms with Crippen molar-refractivity contribution in [3.8, 4) is 11.3 Å². The van der Waals surface area contributed by atoms with Crippen molar-refractivity contribution in [3.05, 3.63) is 90.0 Å². The van der Waals surface area contributed by atoms with Gasteiger partial charge in [0.05, 0.1) is 34.7 Å². The van der Waals surface area contributed by atoms with Gasteiger partial charge in [-0.2, -0.15) is 13.2 Å². The predicted molar refractivity (Wildman–Crippen MR) is 122 cm³/mol. The van der Waals surface area contributed by atoms with E-state index < -0.39 is 11.7 Å². The van der Waals surface area contributed by atoms with Crippen LogP contribution in [0, 0.1) is 0 Å². The number of fused-ring (bicyclic) bond motifs is 1. The number of imidazole rings is 1. The molecule has 1 aromatic carbocycles. The number of nitrogens with zero attached hydrogens (tertiary/aromatic N) is 6. The van der Waals surface area contributed by atoms with E-state index in [0.29, 0.717) is 51.2 Å². The van der Waals surface area contributed by atoms with Crippen molar-refractivity contribution >= 4 is 34.1 Å². The number of hydrogen-bond donors (Lipinski definition) is 1. The van der Waals surface area contributed by atoms with Crippen LogP contribution < -0.4 is 5.32 Å². The zero-order valence-corrected chi connectivity index (χ0v) is 18.1. The first-order chi connectivity index (χ1) is 16.4. The first kappa shape index (κ1) is 21.8. The second-order valence-electron chi connectivity index (χ2n) is 7.35. The highest BCUT2D eigenvalue weighted by Gasteiger charge is 2.30. The number of aromatic nitrogens is 6. The molecule has 11 heteroatoms. The number of nitrogens with one attached hydrogen (secondary N) is 1. The van der Waals surface area contributed by atoms with E-state index in [9.17, 15) is 13.2 Å². The standard InChI is InChI=1S/C23H15ClF3N7/c24-17-2-1-7-29-20(17)14-10-18-21(30-11-14)22(33-19(32-18)12-34-9-8-28-13-34)31-16-5-3-15(4-6-16)23(25,26)27/h1-11,13H,12H2,(H,31,32,33). The van der Waals surface area contributed by atoms with Gasteiger partial charge in [-0.25, -0.2) is 19.9 Å². The van der Waals surface area contributed by atoms with Crippen LogP contribution in [0.1, 0.15) is 11.4 Å². The van der Waals surface area contributed by atoms with E-state index in [2.05, 4.69) is 30.2 Å². The molecular weight excluding hydrogens is 467 g/mol. The van der Waals surface area contributed by atoms with E-state index in [1.807, 2.05) is 0 Å². The monoisotopic (exact) mass is 481 g/mol. The third kappa shape index (κ3) is 4.53. The molecule has 5 rings (SSSR count). The lowest BCUT2D eigenvalue weighted by Gasteiger charge is -2.13. The Morgan fingerprint density at radius 2 is 1.82 bits per heavy atom. The van der Waals surface area contributed by atoms with E-state index in [1.54, 1.807) is 53.9 Å². The SMILES string of the molecule is FC(F)(F)c1ccc(Nc2nc(Cn3ccnc3)nc3cc(-c4ncccc4Cl)cnc23)cc1. The fourth-order valence-corrected chi connectivity index (χ4v) is 3.61. The van der Waals surface area contributed by atoms with Crippen molar-refractivity contribution in [1.29, 1.82) is 0 Å². The van der Waals surface area contributed by atoms with Crippen LogP contribution in [-0.2, 0) is 12.7 Å². The van der Waals surface area contributed by atoms with E-state index >= 15 is 0 Å². The highest BCUT2D eigenvalue weighted by atomic mass is 35.5. The Bertz CT molecular complexity index is 1450. The molecule has 0 aliphatic heterocycles. The first-order valence-corrected chi connectivity index (χ1v) is 10.4. The Labute approximate surface area is 196 Å². The third-order valence-electron chi connectivity index (χ3n) is 4.97. The summed E-state index contributed by atoms with van der Waals surface area (Å²) < 4.78 is 40.6. The van der Waals surface area contributed by atoms with Crippen LogP contribution in [-0.4, -0.2) is 29.5 Å². The fourth-order valence-electron chi connectivity index (χ4n) is 3.38. The molecule has 0 fully saturated rings. The Hall–Kier alpha value is -4.05. The summed E-state index contributed by atoms with van der Waals surface area (Å²) in [4.78, 5) is 22.1. The third-order valence-corrected chi connectivity index (χ3v) is 5.28. The molecule has 0 atom stereocenters. The number of anilines is 2. The number of rotatable bonds is 5. The molecule has 4 heterocycles. The van der Waals surface area contributed by atoms with E-state index in [4.69, 9.17) is 11.6 Å². The van der Waals surface area contributed by atoms with Crippen LogP contribution in [0.5, 0.6) is 0 Å². The summed E-state index contributed by atoms with van der Waals surface area (Å²) in [6.45, 7) is 0.339. The maximum Gasteiger partial charge on any atom is 0.416 e. The van der Waals surface area contributed by atoms with Crippen LogP contribution in [0.25, 0.3) is 22.3 Å². The van der Waals surface area contributed by atoms with Crippen molar-refractivity contribution in [3.63, 3.8) is 0 Å². The van der Waals surface area contributed by atoms with Gasteiger partial charge in [0.1, 0.15) is 5.52 Å². The van der Waals surface area contributed by atoms with Crippen molar-refractivity contribution in [1.82, 2.24) is 29.5 Å². The Kier molecular flexibility index (Phi) is 5.58. The quantitative estimate of drug-likeness (QED) is 0.344. The summed E-state index contributed by atoms with van der Waals surface area (Å²) in [6.07, 6.45) is 3.88. The maximum atomic E-state index is 12.9. The molecule has 0 saturated carbocycles. The van der Waals surface area contributed by atoms with Crippen molar-refractivity contribution in [2.75, 3.05) is 5.32 Å². The highest BCUT2D eigenvalue weighted by molar-refractivity contribution is 6.33. The smallest absolute Gasteiger partial charge is 0.338 e. The number of benzene rings is 1. The minimum absolute atomic E-state index is 0.339. The minimum atomic E-state index is -4.41. The molecule has 4 aromatic heterocycles. The zero-order chi connectivity index (χ0) is 23.7. The van der Waals surface area contributed by atoms with Gasteiger partial charge in [0.25, 0.3) is 0 Å². The predicted octanol–water partition coefficient (Wildman–Crippen LogP) is 5.75. The van der Waals surface area contributed by atoms with Crippen molar-refractivity contribution < 1.29 is 13.2 Å². The second kappa shape index (κ2) is 8.71. The molecule has 0 bridgehead atoms. The summed E-state index contributed by atoms with van der Waals surface area (Å²) in [7, 11) is 0. The lowest BCUT2D eigenvalue weighted by Crippen LogP contribution is -2.07. The number of alkyl halides is 3. The van der Waals surface area contributed by atoms with Crippen LogP contribution in [0.4, 0.5) is 24.7 Å². The molecule has 170 valence electrons. The summed E-state index contributed by atoms with van der Waals surface area (Å²) in [5.74, 6) is 0.824. The summed E-state index contributed by atoms with van der Waals surface area (Å²) in [5, 5.41) is 3.54. The molecule has 7 nitrogen and oxygen atoms in total. The molecule has 0 saturated heterocycles. The van der Waals surface area contributed by atoms with E-state index in [1.165, 1.54) is 12.1 Å². The average molecular weight is 482 g/mol. The lowest BCUT2D eigenvalue weighted by atomic mass is 10.1. The zero-order valence-electron chi connectivity index (χ0n) is 17.3. The molecule has 34 heavy (non-hydrogen) atoms. The minimum Gasteiger partial charge on any atom is -0.338 e. The van der Waals surface area contributed by atoms with E-state index in [-0.39, 0.29) is 0 Å². The lowest BCUT2D eigenvalue weighted by molar-refractivity contribution is -0.137. The Morgan fingerprint density at radius 3 is 2.53 bits per heavy atom. The molecule has 1 N–H and O–H groups in total. The Balaban J connectivity index is 1.58. The van der Waals surface area contributed by atoms with Gasteiger partial charge in [-0.1, -0.05) is 11.6 Å². The molecule has 0 unspecified atom stereocenters. The second-order valence-corrected chi connectivity index (χ2v) is 7.76. The van der Waals surface area contributed by atoms with Gasteiger partial charge in [0, 0.05) is 36.0 Å². The largest absolute Gasteiger partial charge is 0.416 e. The van der Waals surface area contributed by atoms with E-state index in [0.717, 1.165) is 12.1 Å². The maximum absolute atomic E-state index is 12.9. The summed E-state index contributed by atoms with van der Waals surface area (Å²) >= 11 is 6.29. The molecule has 0 aliphatic carbocycles. The number of pyridine rings is 2. The van der Waals surface area contributed by atoms with Gasteiger partial charge in [0.15, 0.2) is 11.6 Å². The van der Waals surface area contributed by atoms with Gasteiger partial charge >= 0.3 is 6.18 Å².